The first-order chi connectivity index (χ1) is 6.33. The minimum absolute atomic E-state index is 0.210. The van der Waals surface area contributed by atoms with Crippen LogP contribution in [-0.2, 0) is 0 Å². The normalized spacial score (nSPS) is 12.9. The van der Waals surface area contributed by atoms with E-state index in [1.165, 1.54) is 17.9 Å². The van der Waals surface area contributed by atoms with Gasteiger partial charge in [-0.25, -0.2) is 4.98 Å². The third-order valence-corrected chi connectivity index (χ3v) is 3.32. The van der Waals surface area contributed by atoms with Gasteiger partial charge >= 0.3 is 0 Å². The fourth-order valence-electron chi connectivity index (χ4n) is 0.764. The van der Waals surface area contributed by atoms with E-state index in [-0.39, 0.29) is 5.41 Å². The van der Waals surface area contributed by atoms with Crippen molar-refractivity contribution in [3.63, 3.8) is 0 Å². The molecule has 2 N–H and O–H groups in total. The lowest BCUT2D eigenvalue weighted by Crippen LogP contribution is -2.43. The largest absolute Gasteiger partial charge is 0.390 e. The lowest BCUT2D eigenvalue weighted by molar-refractivity contribution is -0.0270. The van der Waals surface area contributed by atoms with Crippen LogP contribution in [0.15, 0.2) is 6.33 Å². The minimum Gasteiger partial charge on any atom is -0.390 e. The molecule has 0 saturated heterocycles. The molecule has 14 heavy (non-hydrogen) atoms. The van der Waals surface area contributed by atoms with E-state index in [0.29, 0.717) is 6.54 Å². The highest BCUT2D eigenvalue weighted by Gasteiger charge is 2.34. The number of hydrogen-bond donors (Lipinski definition) is 2. The van der Waals surface area contributed by atoms with E-state index in [1.54, 1.807) is 0 Å². The van der Waals surface area contributed by atoms with Crippen LogP contribution in [0.2, 0.25) is 0 Å². The van der Waals surface area contributed by atoms with Crippen LogP contribution < -0.4 is 5.32 Å². The maximum atomic E-state index is 9.90. The first-order valence-corrected chi connectivity index (χ1v) is 5.33. The molecule has 1 aromatic heterocycles. The molecule has 0 fully saturated rings. The summed E-state index contributed by atoms with van der Waals surface area (Å²) in [6.45, 7) is 8.33. The Labute approximate surface area is 88.6 Å². The van der Waals surface area contributed by atoms with Crippen LogP contribution in [0.25, 0.3) is 0 Å². The molecule has 80 valence electrons. The van der Waals surface area contributed by atoms with E-state index < -0.39 is 5.60 Å². The molecule has 0 saturated carbocycles. The zero-order chi connectivity index (χ0) is 10.8. The molecule has 1 heterocycles. The Morgan fingerprint density at radius 1 is 1.43 bits per heavy atom. The maximum absolute atomic E-state index is 9.90. The Morgan fingerprint density at radius 3 is 2.50 bits per heavy atom. The van der Waals surface area contributed by atoms with Crippen molar-refractivity contribution in [1.82, 2.24) is 9.36 Å². The highest BCUT2D eigenvalue weighted by molar-refractivity contribution is 7.09. The third kappa shape index (κ3) is 2.65. The van der Waals surface area contributed by atoms with Crippen LogP contribution in [0.1, 0.15) is 27.7 Å². The van der Waals surface area contributed by atoms with Gasteiger partial charge in [-0.1, -0.05) is 13.8 Å². The van der Waals surface area contributed by atoms with Crippen molar-refractivity contribution in [2.24, 2.45) is 5.41 Å². The van der Waals surface area contributed by atoms with Crippen molar-refractivity contribution in [1.29, 1.82) is 0 Å². The van der Waals surface area contributed by atoms with Gasteiger partial charge in [-0.15, -0.1) is 0 Å². The number of aromatic nitrogens is 2. The van der Waals surface area contributed by atoms with Crippen molar-refractivity contribution >= 4 is 16.7 Å². The molecule has 0 aliphatic heterocycles. The molecule has 0 unspecified atom stereocenters. The average molecular weight is 215 g/mol. The van der Waals surface area contributed by atoms with Gasteiger partial charge in [-0.05, 0) is 13.8 Å². The molecule has 0 aliphatic rings. The molecule has 0 aliphatic carbocycles. The number of nitrogens with zero attached hydrogens (tertiary/aromatic N) is 2. The van der Waals surface area contributed by atoms with Gasteiger partial charge in [-0.3, -0.25) is 0 Å². The van der Waals surface area contributed by atoms with Crippen molar-refractivity contribution in [3.05, 3.63) is 6.33 Å². The van der Waals surface area contributed by atoms with Crippen LogP contribution >= 0.6 is 11.5 Å². The molecular weight excluding hydrogens is 198 g/mol. The molecule has 0 spiro atoms. The minimum atomic E-state index is -0.718. The first-order valence-electron chi connectivity index (χ1n) is 4.56. The van der Waals surface area contributed by atoms with Crippen LogP contribution in [0.4, 0.5) is 5.13 Å². The molecule has 0 atom stereocenters. The lowest BCUT2D eigenvalue weighted by Gasteiger charge is -2.37. The van der Waals surface area contributed by atoms with Crippen LogP contribution in [0.3, 0.4) is 0 Å². The van der Waals surface area contributed by atoms with Crippen molar-refractivity contribution in [2.75, 3.05) is 11.9 Å². The van der Waals surface area contributed by atoms with E-state index in [9.17, 15) is 5.11 Å². The topological polar surface area (TPSA) is 58.0 Å². The Morgan fingerprint density at radius 2 is 2.07 bits per heavy atom. The SMILES string of the molecule is CC(C)(O)C(C)(C)CNc1ncns1. The highest BCUT2D eigenvalue weighted by Crippen LogP contribution is 2.30. The second-order valence-electron chi connectivity index (χ2n) is 4.54. The fourth-order valence-corrected chi connectivity index (χ4v) is 1.19. The molecule has 1 rings (SSSR count). The van der Waals surface area contributed by atoms with E-state index in [0.717, 1.165) is 5.13 Å². The molecular formula is C9H17N3OS. The Bertz CT molecular complexity index is 277. The van der Waals surface area contributed by atoms with Crippen molar-refractivity contribution in [2.45, 2.75) is 33.3 Å². The van der Waals surface area contributed by atoms with E-state index in [1.807, 2.05) is 27.7 Å². The summed E-state index contributed by atoms with van der Waals surface area (Å²) >= 11 is 1.32. The summed E-state index contributed by atoms with van der Waals surface area (Å²) in [5.74, 6) is 0. The Balaban J connectivity index is 2.53. The van der Waals surface area contributed by atoms with Gasteiger partial charge in [0.2, 0.25) is 5.13 Å². The fraction of sp³-hybridized carbons (Fsp3) is 0.778. The smallest absolute Gasteiger partial charge is 0.202 e. The zero-order valence-electron chi connectivity index (χ0n) is 9.03. The number of aliphatic hydroxyl groups is 1. The van der Waals surface area contributed by atoms with Crippen LogP contribution in [0.5, 0.6) is 0 Å². The zero-order valence-corrected chi connectivity index (χ0v) is 9.85. The monoisotopic (exact) mass is 215 g/mol. The predicted octanol–water partition coefficient (Wildman–Crippen LogP) is 1.75. The maximum Gasteiger partial charge on any atom is 0.202 e. The van der Waals surface area contributed by atoms with E-state index >= 15 is 0 Å². The van der Waals surface area contributed by atoms with Gasteiger partial charge in [-0.2, -0.15) is 4.37 Å². The van der Waals surface area contributed by atoms with Gasteiger partial charge in [0.25, 0.3) is 0 Å². The average Bonchev–Trinajstić information content (AvgIpc) is 2.50. The van der Waals surface area contributed by atoms with Crippen molar-refractivity contribution in [3.8, 4) is 0 Å². The molecule has 0 bridgehead atoms. The summed E-state index contributed by atoms with van der Waals surface area (Å²) in [7, 11) is 0. The first kappa shape index (κ1) is 11.4. The summed E-state index contributed by atoms with van der Waals surface area (Å²) in [6.07, 6.45) is 1.52. The summed E-state index contributed by atoms with van der Waals surface area (Å²) in [6, 6.07) is 0. The van der Waals surface area contributed by atoms with Crippen LogP contribution in [0, 0.1) is 5.41 Å². The number of rotatable bonds is 4. The molecule has 0 amide bonds. The van der Waals surface area contributed by atoms with Crippen molar-refractivity contribution < 1.29 is 5.11 Å². The Hall–Kier alpha value is -0.680. The van der Waals surface area contributed by atoms with Gasteiger partial charge in [0.15, 0.2) is 0 Å². The molecule has 0 aromatic carbocycles. The van der Waals surface area contributed by atoms with Gasteiger partial charge < -0.3 is 10.4 Å². The Kier molecular flexibility index (Phi) is 3.11. The second-order valence-corrected chi connectivity index (χ2v) is 5.32. The standard InChI is InChI=1S/C9H17N3OS/c1-8(2,9(3,4)13)5-10-7-11-6-12-14-7/h6,13H,5H2,1-4H3,(H,10,11,12). The molecule has 0 radical (unpaired) electrons. The summed E-state index contributed by atoms with van der Waals surface area (Å²) in [5.41, 5.74) is -0.927. The van der Waals surface area contributed by atoms with Gasteiger partial charge in [0.05, 0.1) is 5.60 Å². The second kappa shape index (κ2) is 3.82. The molecule has 5 heteroatoms. The predicted molar refractivity (Wildman–Crippen MR) is 58.5 cm³/mol. The van der Waals surface area contributed by atoms with Crippen LogP contribution in [-0.4, -0.2) is 26.6 Å². The number of hydrogen-bond acceptors (Lipinski definition) is 5. The summed E-state index contributed by atoms with van der Waals surface area (Å²) in [5, 5.41) is 13.9. The van der Waals surface area contributed by atoms with Gasteiger partial charge in [0, 0.05) is 23.5 Å². The van der Waals surface area contributed by atoms with Gasteiger partial charge in [0.1, 0.15) is 6.33 Å². The lowest BCUT2D eigenvalue weighted by atomic mass is 9.77. The number of anilines is 1. The highest BCUT2D eigenvalue weighted by atomic mass is 32.1. The van der Waals surface area contributed by atoms with E-state index in [4.69, 9.17) is 0 Å². The van der Waals surface area contributed by atoms with E-state index in [2.05, 4.69) is 14.7 Å². The summed E-state index contributed by atoms with van der Waals surface area (Å²) in [4.78, 5) is 4.02. The summed E-state index contributed by atoms with van der Waals surface area (Å²) < 4.78 is 3.89. The molecule has 4 nitrogen and oxygen atoms in total. The third-order valence-electron chi connectivity index (χ3n) is 2.70. The number of nitrogens with one attached hydrogen (secondary N) is 1. The molecule has 1 aromatic rings. The quantitative estimate of drug-likeness (QED) is 0.803.